The summed E-state index contributed by atoms with van der Waals surface area (Å²) in [6.07, 6.45) is 4.46. The summed E-state index contributed by atoms with van der Waals surface area (Å²) >= 11 is 0. The molecule has 2 N–H and O–H groups in total. The van der Waals surface area contributed by atoms with Gasteiger partial charge >= 0.3 is 0 Å². The summed E-state index contributed by atoms with van der Waals surface area (Å²) in [5.74, 6) is 0.204. The lowest BCUT2D eigenvalue weighted by Gasteiger charge is -2.37. The second kappa shape index (κ2) is 4.74. The third kappa shape index (κ3) is 3.78. The van der Waals surface area contributed by atoms with E-state index in [4.69, 9.17) is 0 Å². The summed E-state index contributed by atoms with van der Waals surface area (Å²) in [6.45, 7) is 8.08. The van der Waals surface area contributed by atoms with Gasteiger partial charge in [0.1, 0.15) is 0 Å². The minimum atomic E-state index is -0.825. The minimum absolute atomic E-state index is 0.0991. The van der Waals surface area contributed by atoms with Gasteiger partial charge < -0.3 is 10.4 Å². The molecule has 1 aliphatic rings. The van der Waals surface area contributed by atoms with E-state index in [9.17, 15) is 9.90 Å². The number of carbonyl (C=O) groups excluding carboxylic acids is 1. The molecule has 0 radical (unpaired) electrons. The standard InChI is InChI=1S/C13H25NO2/c1-12(2)8-6-5-7-10(12)11(15)14-9-13(3,4)16/h10,16H,5-9H2,1-4H3,(H,14,15). The third-order valence-electron chi connectivity index (χ3n) is 3.52. The van der Waals surface area contributed by atoms with Crippen LogP contribution < -0.4 is 5.32 Å². The fourth-order valence-electron chi connectivity index (χ4n) is 2.41. The average molecular weight is 227 g/mol. The van der Waals surface area contributed by atoms with Gasteiger partial charge in [-0.15, -0.1) is 0 Å². The van der Waals surface area contributed by atoms with Crippen molar-refractivity contribution >= 4 is 5.91 Å². The Bertz CT molecular complexity index is 253. The lowest BCUT2D eigenvalue weighted by atomic mass is 9.68. The smallest absolute Gasteiger partial charge is 0.223 e. The maximum Gasteiger partial charge on any atom is 0.223 e. The summed E-state index contributed by atoms with van der Waals surface area (Å²) in [7, 11) is 0. The van der Waals surface area contributed by atoms with Gasteiger partial charge in [0.05, 0.1) is 5.60 Å². The highest BCUT2D eigenvalue weighted by Gasteiger charge is 2.37. The minimum Gasteiger partial charge on any atom is -0.389 e. The topological polar surface area (TPSA) is 49.3 Å². The molecule has 0 saturated heterocycles. The lowest BCUT2D eigenvalue weighted by Crippen LogP contribution is -2.45. The molecule has 0 aromatic rings. The molecule has 1 amide bonds. The number of amides is 1. The molecule has 1 saturated carbocycles. The zero-order chi connectivity index (χ0) is 12.4. The Hall–Kier alpha value is -0.570. The van der Waals surface area contributed by atoms with Gasteiger partial charge in [0, 0.05) is 12.5 Å². The van der Waals surface area contributed by atoms with Crippen LogP contribution in [0.2, 0.25) is 0 Å². The molecule has 0 aromatic carbocycles. The highest BCUT2D eigenvalue weighted by molar-refractivity contribution is 5.79. The van der Waals surface area contributed by atoms with Crippen molar-refractivity contribution in [2.75, 3.05) is 6.54 Å². The highest BCUT2D eigenvalue weighted by atomic mass is 16.3. The van der Waals surface area contributed by atoms with Crippen molar-refractivity contribution in [1.82, 2.24) is 5.32 Å². The summed E-state index contributed by atoms with van der Waals surface area (Å²) in [5, 5.41) is 12.4. The van der Waals surface area contributed by atoms with Crippen molar-refractivity contribution < 1.29 is 9.90 Å². The summed E-state index contributed by atoms with van der Waals surface area (Å²) < 4.78 is 0. The number of aliphatic hydroxyl groups is 1. The molecule has 0 aliphatic heterocycles. The number of nitrogens with one attached hydrogen (secondary N) is 1. The maximum absolute atomic E-state index is 12.0. The SMILES string of the molecule is CC(C)(O)CNC(=O)C1CCCCC1(C)C. The Morgan fingerprint density at radius 3 is 2.56 bits per heavy atom. The van der Waals surface area contributed by atoms with Crippen molar-refractivity contribution in [3.05, 3.63) is 0 Å². The molecule has 1 fully saturated rings. The predicted molar refractivity (Wildman–Crippen MR) is 65.0 cm³/mol. The fourth-order valence-corrected chi connectivity index (χ4v) is 2.41. The van der Waals surface area contributed by atoms with Gasteiger partial charge in [0.2, 0.25) is 5.91 Å². The predicted octanol–water partition coefficient (Wildman–Crippen LogP) is 2.09. The summed E-state index contributed by atoms with van der Waals surface area (Å²) in [4.78, 5) is 12.0. The second-order valence-corrected chi connectivity index (χ2v) is 6.32. The third-order valence-corrected chi connectivity index (χ3v) is 3.52. The Kier molecular flexibility index (Phi) is 4.00. The molecule has 3 nitrogen and oxygen atoms in total. The van der Waals surface area contributed by atoms with E-state index >= 15 is 0 Å². The zero-order valence-corrected chi connectivity index (χ0v) is 11.0. The van der Waals surface area contributed by atoms with E-state index < -0.39 is 5.60 Å². The molecule has 94 valence electrons. The molecular weight excluding hydrogens is 202 g/mol. The zero-order valence-electron chi connectivity index (χ0n) is 11.0. The van der Waals surface area contributed by atoms with Crippen molar-refractivity contribution in [2.24, 2.45) is 11.3 Å². The van der Waals surface area contributed by atoms with Crippen molar-refractivity contribution in [2.45, 2.75) is 59.0 Å². The van der Waals surface area contributed by atoms with E-state index in [-0.39, 0.29) is 17.2 Å². The molecule has 1 atom stereocenters. The summed E-state index contributed by atoms with van der Waals surface area (Å²) in [5.41, 5.74) is -0.726. The largest absolute Gasteiger partial charge is 0.389 e. The highest BCUT2D eigenvalue weighted by Crippen LogP contribution is 2.40. The van der Waals surface area contributed by atoms with Crippen molar-refractivity contribution in [1.29, 1.82) is 0 Å². The van der Waals surface area contributed by atoms with Crippen LogP contribution in [0.5, 0.6) is 0 Å². The molecule has 1 aliphatic carbocycles. The van der Waals surface area contributed by atoms with Gasteiger partial charge in [-0.2, -0.15) is 0 Å². The number of hydrogen-bond donors (Lipinski definition) is 2. The molecule has 0 bridgehead atoms. The Morgan fingerprint density at radius 1 is 1.44 bits per heavy atom. The van der Waals surface area contributed by atoms with Gasteiger partial charge in [0.15, 0.2) is 0 Å². The van der Waals surface area contributed by atoms with E-state index in [2.05, 4.69) is 19.2 Å². The average Bonchev–Trinajstić information content (AvgIpc) is 2.12. The van der Waals surface area contributed by atoms with Crippen LogP contribution in [0.4, 0.5) is 0 Å². The van der Waals surface area contributed by atoms with Crippen LogP contribution in [0.15, 0.2) is 0 Å². The van der Waals surface area contributed by atoms with Crippen LogP contribution in [-0.4, -0.2) is 23.2 Å². The molecule has 1 unspecified atom stereocenters. The first-order valence-corrected chi connectivity index (χ1v) is 6.22. The molecule has 1 rings (SSSR count). The van der Waals surface area contributed by atoms with Crippen LogP contribution >= 0.6 is 0 Å². The van der Waals surface area contributed by atoms with Gasteiger partial charge in [0.25, 0.3) is 0 Å². The van der Waals surface area contributed by atoms with Crippen LogP contribution in [0, 0.1) is 11.3 Å². The van der Waals surface area contributed by atoms with Crippen LogP contribution in [-0.2, 0) is 4.79 Å². The first-order chi connectivity index (χ1) is 7.22. The van der Waals surface area contributed by atoms with Crippen molar-refractivity contribution in [3.63, 3.8) is 0 Å². The lowest BCUT2D eigenvalue weighted by molar-refractivity contribution is -0.131. The van der Waals surface area contributed by atoms with Gasteiger partial charge in [-0.25, -0.2) is 0 Å². The van der Waals surface area contributed by atoms with Crippen molar-refractivity contribution in [3.8, 4) is 0 Å². The van der Waals surface area contributed by atoms with Gasteiger partial charge in [-0.05, 0) is 32.1 Å². The Morgan fingerprint density at radius 2 is 2.06 bits per heavy atom. The van der Waals surface area contributed by atoms with Gasteiger partial charge in [-0.1, -0.05) is 26.7 Å². The molecule has 0 aromatic heterocycles. The molecular formula is C13H25NO2. The number of rotatable bonds is 3. The van der Waals surface area contributed by atoms with E-state index in [1.807, 2.05) is 0 Å². The molecule has 0 heterocycles. The monoisotopic (exact) mass is 227 g/mol. The Balaban J connectivity index is 2.52. The van der Waals surface area contributed by atoms with Crippen LogP contribution in [0.3, 0.4) is 0 Å². The van der Waals surface area contributed by atoms with Crippen LogP contribution in [0.25, 0.3) is 0 Å². The van der Waals surface area contributed by atoms with E-state index in [1.165, 1.54) is 6.42 Å². The fraction of sp³-hybridized carbons (Fsp3) is 0.923. The second-order valence-electron chi connectivity index (χ2n) is 6.32. The normalized spacial score (nSPS) is 25.2. The van der Waals surface area contributed by atoms with Gasteiger partial charge in [-0.3, -0.25) is 4.79 Å². The van der Waals surface area contributed by atoms with E-state index in [0.29, 0.717) is 6.54 Å². The van der Waals surface area contributed by atoms with Crippen LogP contribution in [0.1, 0.15) is 53.4 Å². The molecule has 3 heteroatoms. The summed E-state index contributed by atoms with van der Waals surface area (Å²) in [6, 6.07) is 0. The van der Waals surface area contributed by atoms with E-state index in [1.54, 1.807) is 13.8 Å². The maximum atomic E-state index is 12.0. The first-order valence-electron chi connectivity index (χ1n) is 6.22. The molecule has 0 spiro atoms. The molecule has 16 heavy (non-hydrogen) atoms. The Labute approximate surface area is 98.6 Å². The number of hydrogen-bond acceptors (Lipinski definition) is 2. The first kappa shape index (κ1) is 13.5. The van der Waals surface area contributed by atoms with E-state index in [0.717, 1.165) is 19.3 Å². The number of carbonyl (C=O) groups is 1. The quantitative estimate of drug-likeness (QED) is 0.775.